The smallest absolute Gasteiger partial charge is 0.218 e. The third kappa shape index (κ3) is 3.66. The number of nitrogens with zero attached hydrogens (tertiary/aromatic N) is 2. The molecule has 2 heterocycles. The first-order chi connectivity index (χ1) is 8.88. The van der Waals surface area contributed by atoms with Crippen LogP contribution in [0.3, 0.4) is 0 Å². The van der Waals surface area contributed by atoms with Crippen molar-refractivity contribution in [1.82, 2.24) is 9.29 Å². The van der Waals surface area contributed by atoms with Crippen LogP contribution in [0, 0.1) is 5.92 Å². The molecule has 1 aliphatic rings. The van der Waals surface area contributed by atoms with Crippen molar-refractivity contribution in [2.75, 3.05) is 13.1 Å². The van der Waals surface area contributed by atoms with Crippen LogP contribution in [0.4, 0.5) is 0 Å². The molecule has 5 nitrogen and oxygen atoms in total. The van der Waals surface area contributed by atoms with E-state index in [0.29, 0.717) is 30.2 Å². The number of rotatable bonds is 4. The van der Waals surface area contributed by atoms with Gasteiger partial charge in [0.25, 0.3) is 0 Å². The maximum atomic E-state index is 12.2. The molecule has 7 heteroatoms. The van der Waals surface area contributed by atoms with Gasteiger partial charge in [0.15, 0.2) is 0 Å². The fourth-order valence-electron chi connectivity index (χ4n) is 2.19. The van der Waals surface area contributed by atoms with E-state index in [1.54, 1.807) is 19.1 Å². The van der Waals surface area contributed by atoms with E-state index in [0.717, 1.165) is 0 Å². The number of pyridine rings is 1. The van der Waals surface area contributed by atoms with Gasteiger partial charge in [-0.05, 0) is 30.9 Å². The number of aliphatic hydroxyl groups excluding tert-OH is 1. The fraction of sp³-hybridized carbons (Fsp3) is 0.583. The SMILES string of the molecule is CC(O)C1CCN(S(=O)(=O)Cc2ccc(Cl)nc2)C1. The first-order valence-electron chi connectivity index (χ1n) is 6.15. The normalized spacial score (nSPS) is 22.6. The average molecular weight is 305 g/mol. The molecule has 1 aromatic heterocycles. The van der Waals surface area contributed by atoms with Gasteiger partial charge < -0.3 is 5.11 Å². The largest absolute Gasteiger partial charge is 0.393 e. The zero-order valence-electron chi connectivity index (χ0n) is 10.7. The molecule has 1 saturated heterocycles. The van der Waals surface area contributed by atoms with E-state index in [9.17, 15) is 13.5 Å². The minimum absolute atomic E-state index is 0.0260. The Labute approximate surface area is 118 Å². The summed E-state index contributed by atoms with van der Waals surface area (Å²) < 4.78 is 25.9. The molecule has 2 atom stereocenters. The quantitative estimate of drug-likeness (QED) is 0.850. The van der Waals surface area contributed by atoms with Gasteiger partial charge in [0.1, 0.15) is 5.15 Å². The molecule has 1 aromatic rings. The molecular formula is C12H17ClN2O3S. The molecule has 0 saturated carbocycles. The third-order valence-electron chi connectivity index (χ3n) is 3.40. The van der Waals surface area contributed by atoms with E-state index >= 15 is 0 Å². The van der Waals surface area contributed by atoms with Gasteiger partial charge in [0, 0.05) is 19.3 Å². The monoisotopic (exact) mass is 304 g/mol. The summed E-state index contributed by atoms with van der Waals surface area (Å²) in [5, 5.41) is 9.85. The summed E-state index contributed by atoms with van der Waals surface area (Å²) in [7, 11) is -3.35. The molecule has 0 bridgehead atoms. The van der Waals surface area contributed by atoms with Crippen LogP contribution in [0.2, 0.25) is 5.15 Å². The molecule has 1 fully saturated rings. The van der Waals surface area contributed by atoms with Crippen molar-refractivity contribution in [2.24, 2.45) is 5.92 Å². The molecule has 2 rings (SSSR count). The Hall–Kier alpha value is -0.690. The van der Waals surface area contributed by atoms with E-state index < -0.39 is 16.1 Å². The van der Waals surface area contributed by atoms with Gasteiger partial charge in [-0.15, -0.1) is 0 Å². The summed E-state index contributed by atoms with van der Waals surface area (Å²) in [5.41, 5.74) is 0.616. The Kier molecular flexibility index (Phi) is 4.45. The van der Waals surface area contributed by atoms with Crippen LogP contribution in [0.1, 0.15) is 18.9 Å². The highest BCUT2D eigenvalue weighted by Gasteiger charge is 2.33. The molecule has 0 radical (unpaired) electrons. The van der Waals surface area contributed by atoms with Crippen LogP contribution in [-0.4, -0.2) is 42.0 Å². The van der Waals surface area contributed by atoms with Crippen LogP contribution < -0.4 is 0 Å². The van der Waals surface area contributed by atoms with Crippen molar-refractivity contribution < 1.29 is 13.5 Å². The van der Waals surface area contributed by atoms with Crippen molar-refractivity contribution in [2.45, 2.75) is 25.2 Å². The number of aliphatic hydroxyl groups is 1. The topological polar surface area (TPSA) is 70.5 Å². The number of hydrogen-bond acceptors (Lipinski definition) is 4. The molecule has 0 spiro atoms. The number of hydrogen-bond donors (Lipinski definition) is 1. The van der Waals surface area contributed by atoms with E-state index in [2.05, 4.69) is 4.98 Å². The molecule has 2 unspecified atom stereocenters. The second kappa shape index (κ2) is 5.75. The highest BCUT2D eigenvalue weighted by atomic mass is 35.5. The number of halogens is 1. The fourth-order valence-corrected chi connectivity index (χ4v) is 3.88. The molecule has 0 aromatic carbocycles. The maximum Gasteiger partial charge on any atom is 0.218 e. The molecule has 106 valence electrons. The van der Waals surface area contributed by atoms with E-state index in [-0.39, 0.29) is 11.7 Å². The van der Waals surface area contributed by atoms with E-state index in [1.165, 1.54) is 10.5 Å². The molecule has 0 amide bonds. The summed E-state index contributed by atoms with van der Waals surface area (Å²) in [6, 6.07) is 3.24. The average Bonchev–Trinajstić information content (AvgIpc) is 2.82. The zero-order valence-corrected chi connectivity index (χ0v) is 12.2. The first-order valence-corrected chi connectivity index (χ1v) is 8.13. The van der Waals surface area contributed by atoms with Crippen LogP contribution in [0.5, 0.6) is 0 Å². The molecule has 0 aliphatic carbocycles. The van der Waals surface area contributed by atoms with Crippen molar-refractivity contribution >= 4 is 21.6 Å². The lowest BCUT2D eigenvalue weighted by molar-refractivity contribution is 0.133. The van der Waals surface area contributed by atoms with Crippen molar-refractivity contribution in [3.8, 4) is 0 Å². The van der Waals surface area contributed by atoms with Gasteiger partial charge in [-0.2, -0.15) is 0 Å². The van der Waals surface area contributed by atoms with Crippen LogP contribution in [0.25, 0.3) is 0 Å². The van der Waals surface area contributed by atoms with Crippen LogP contribution in [-0.2, 0) is 15.8 Å². The Morgan fingerprint density at radius 1 is 1.58 bits per heavy atom. The van der Waals surface area contributed by atoms with Gasteiger partial charge in [0.05, 0.1) is 11.9 Å². The van der Waals surface area contributed by atoms with Gasteiger partial charge in [-0.25, -0.2) is 17.7 Å². The maximum absolute atomic E-state index is 12.2. The summed E-state index contributed by atoms with van der Waals surface area (Å²) in [6.45, 7) is 2.56. The molecule has 1 aliphatic heterocycles. The molecular weight excluding hydrogens is 288 g/mol. The molecule has 1 N–H and O–H groups in total. The molecule has 19 heavy (non-hydrogen) atoms. The lowest BCUT2D eigenvalue weighted by Crippen LogP contribution is -2.31. The lowest BCUT2D eigenvalue weighted by atomic mass is 10.0. The minimum Gasteiger partial charge on any atom is -0.393 e. The number of aromatic nitrogens is 1. The Morgan fingerprint density at radius 3 is 2.84 bits per heavy atom. The highest BCUT2D eigenvalue weighted by molar-refractivity contribution is 7.88. The summed E-state index contributed by atoms with van der Waals surface area (Å²) in [5.74, 6) is -0.0536. The summed E-state index contributed by atoms with van der Waals surface area (Å²) in [4.78, 5) is 3.88. The van der Waals surface area contributed by atoms with Gasteiger partial charge in [-0.1, -0.05) is 17.7 Å². The summed E-state index contributed by atoms with van der Waals surface area (Å²) >= 11 is 5.67. The Balaban J connectivity index is 2.05. The second-order valence-electron chi connectivity index (χ2n) is 4.89. The Morgan fingerprint density at radius 2 is 2.32 bits per heavy atom. The van der Waals surface area contributed by atoms with Gasteiger partial charge >= 0.3 is 0 Å². The predicted molar refractivity (Wildman–Crippen MR) is 73.2 cm³/mol. The van der Waals surface area contributed by atoms with E-state index in [1.807, 2.05) is 0 Å². The van der Waals surface area contributed by atoms with E-state index in [4.69, 9.17) is 11.6 Å². The number of sulfonamides is 1. The van der Waals surface area contributed by atoms with Crippen molar-refractivity contribution in [3.05, 3.63) is 29.0 Å². The third-order valence-corrected chi connectivity index (χ3v) is 5.44. The standard InChI is InChI=1S/C12H17ClN2O3S/c1-9(16)11-4-5-15(7-11)19(17,18)8-10-2-3-12(13)14-6-10/h2-3,6,9,11,16H,4-5,7-8H2,1H3. The summed E-state index contributed by atoms with van der Waals surface area (Å²) in [6.07, 6.45) is 1.70. The minimum atomic E-state index is -3.35. The lowest BCUT2D eigenvalue weighted by Gasteiger charge is -2.17. The highest BCUT2D eigenvalue weighted by Crippen LogP contribution is 2.24. The predicted octanol–water partition coefficient (Wildman–Crippen LogP) is 1.27. The first kappa shape index (κ1) is 14.7. The zero-order chi connectivity index (χ0) is 14.0. The van der Waals surface area contributed by atoms with Gasteiger partial charge in [0.2, 0.25) is 10.0 Å². The second-order valence-corrected chi connectivity index (χ2v) is 7.25. The van der Waals surface area contributed by atoms with Crippen LogP contribution in [0.15, 0.2) is 18.3 Å². The Bertz CT molecular complexity index is 530. The van der Waals surface area contributed by atoms with Gasteiger partial charge in [-0.3, -0.25) is 0 Å². The van der Waals surface area contributed by atoms with Crippen molar-refractivity contribution in [3.63, 3.8) is 0 Å². The van der Waals surface area contributed by atoms with Crippen LogP contribution >= 0.6 is 11.6 Å². The van der Waals surface area contributed by atoms with Crippen molar-refractivity contribution in [1.29, 1.82) is 0 Å².